The van der Waals surface area contributed by atoms with Crippen LogP contribution >= 0.6 is 0 Å². The van der Waals surface area contributed by atoms with E-state index in [9.17, 15) is 9.59 Å². The molecule has 2 aliphatic rings. The van der Waals surface area contributed by atoms with Gasteiger partial charge < -0.3 is 9.64 Å². The van der Waals surface area contributed by atoms with Gasteiger partial charge in [-0.2, -0.15) is 0 Å². The molecule has 1 heterocycles. The zero-order chi connectivity index (χ0) is 12.6. The summed E-state index contributed by atoms with van der Waals surface area (Å²) in [4.78, 5) is 25.5. The van der Waals surface area contributed by atoms with E-state index in [1.54, 1.807) is 4.90 Å². The molecule has 4 heteroatoms. The third-order valence-electron chi connectivity index (χ3n) is 3.51. The van der Waals surface area contributed by atoms with Gasteiger partial charge in [-0.1, -0.05) is 0 Å². The van der Waals surface area contributed by atoms with Crippen molar-refractivity contribution in [1.29, 1.82) is 0 Å². The van der Waals surface area contributed by atoms with Crippen LogP contribution in [-0.4, -0.2) is 35.0 Å². The zero-order valence-electron chi connectivity index (χ0n) is 10.9. The van der Waals surface area contributed by atoms with E-state index < -0.39 is 5.60 Å². The van der Waals surface area contributed by atoms with E-state index in [4.69, 9.17) is 4.74 Å². The van der Waals surface area contributed by atoms with Crippen molar-refractivity contribution in [3.63, 3.8) is 0 Å². The number of hydrogen-bond acceptors (Lipinski definition) is 3. The Morgan fingerprint density at radius 2 is 2.06 bits per heavy atom. The molecule has 0 bridgehead atoms. The molecule has 0 unspecified atom stereocenters. The van der Waals surface area contributed by atoms with E-state index >= 15 is 0 Å². The molecule has 0 aromatic heterocycles. The lowest BCUT2D eigenvalue weighted by atomic mass is 9.84. The Bertz CT molecular complexity index is 332. The molecule has 0 aromatic rings. The van der Waals surface area contributed by atoms with Crippen LogP contribution in [0.3, 0.4) is 0 Å². The Hall–Kier alpha value is -1.06. The van der Waals surface area contributed by atoms with Gasteiger partial charge in [-0.05, 0) is 40.0 Å². The first kappa shape index (κ1) is 12.4. The number of ketones is 1. The van der Waals surface area contributed by atoms with Crippen molar-refractivity contribution in [2.45, 2.75) is 58.1 Å². The van der Waals surface area contributed by atoms with Gasteiger partial charge in [0.2, 0.25) is 0 Å². The summed E-state index contributed by atoms with van der Waals surface area (Å²) in [6.07, 6.45) is 3.07. The molecule has 4 nitrogen and oxygen atoms in total. The van der Waals surface area contributed by atoms with E-state index in [0.29, 0.717) is 18.7 Å². The molecule has 0 spiro atoms. The molecule has 1 saturated heterocycles. The molecule has 96 valence electrons. The van der Waals surface area contributed by atoms with Crippen molar-refractivity contribution in [2.75, 3.05) is 6.54 Å². The number of likely N-dealkylation sites (tertiary alicyclic amines) is 1. The molecule has 0 N–H and O–H groups in total. The second kappa shape index (κ2) is 4.31. The number of amides is 1. The van der Waals surface area contributed by atoms with Gasteiger partial charge in [0.1, 0.15) is 11.4 Å². The number of carbonyl (C=O) groups is 2. The maximum absolute atomic E-state index is 12.0. The maximum Gasteiger partial charge on any atom is 0.410 e. The lowest BCUT2D eigenvalue weighted by molar-refractivity contribution is -0.125. The Morgan fingerprint density at radius 3 is 2.71 bits per heavy atom. The number of nitrogens with zero attached hydrogens (tertiary/aromatic N) is 1. The topological polar surface area (TPSA) is 46.6 Å². The van der Waals surface area contributed by atoms with Crippen molar-refractivity contribution >= 4 is 11.9 Å². The summed E-state index contributed by atoms with van der Waals surface area (Å²) in [7, 11) is 0. The molecule has 1 amide bonds. The minimum absolute atomic E-state index is 0.0660. The van der Waals surface area contributed by atoms with Crippen LogP contribution < -0.4 is 0 Å². The highest BCUT2D eigenvalue weighted by Gasteiger charge is 2.43. The lowest BCUT2D eigenvalue weighted by Gasteiger charge is -2.32. The van der Waals surface area contributed by atoms with Gasteiger partial charge in [0, 0.05) is 24.9 Å². The minimum atomic E-state index is -0.464. The summed E-state index contributed by atoms with van der Waals surface area (Å²) in [5.74, 6) is 0.392. The van der Waals surface area contributed by atoms with Crippen LogP contribution in [0.2, 0.25) is 0 Å². The predicted molar refractivity (Wildman–Crippen MR) is 63.7 cm³/mol. The SMILES string of the molecule is CC(C)(C)OC(=O)N1CC[C@H]2C(=O)CCC[C@@H]21. The molecular weight excluding hydrogens is 218 g/mol. The first-order valence-electron chi connectivity index (χ1n) is 6.41. The predicted octanol–water partition coefficient (Wildman–Crippen LogP) is 2.37. The molecule has 17 heavy (non-hydrogen) atoms. The Labute approximate surface area is 102 Å². The molecule has 2 rings (SSSR count). The van der Waals surface area contributed by atoms with Gasteiger partial charge in [-0.25, -0.2) is 4.79 Å². The zero-order valence-corrected chi connectivity index (χ0v) is 10.9. The second-order valence-corrected chi connectivity index (χ2v) is 5.99. The number of fused-ring (bicyclic) bond motifs is 1. The maximum atomic E-state index is 12.0. The van der Waals surface area contributed by atoms with Crippen molar-refractivity contribution in [1.82, 2.24) is 4.90 Å². The average Bonchev–Trinajstić information content (AvgIpc) is 2.60. The van der Waals surface area contributed by atoms with Crippen LogP contribution in [0.5, 0.6) is 0 Å². The van der Waals surface area contributed by atoms with Crippen molar-refractivity contribution in [2.24, 2.45) is 5.92 Å². The van der Waals surface area contributed by atoms with Crippen LogP contribution in [0, 0.1) is 5.92 Å². The molecule has 0 radical (unpaired) electrons. The van der Waals surface area contributed by atoms with Crippen molar-refractivity contribution in [3.8, 4) is 0 Å². The Balaban J connectivity index is 2.03. The highest BCUT2D eigenvalue weighted by Crippen LogP contribution is 2.34. The van der Waals surface area contributed by atoms with Crippen LogP contribution in [0.1, 0.15) is 46.5 Å². The molecule has 2 atom stereocenters. The third kappa shape index (κ3) is 2.61. The first-order valence-corrected chi connectivity index (χ1v) is 6.41. The number of Topliss-reactive ketones (excluding diaryl/α,β-unsaturated/α-hetero) is 1. The standard InChI is InChI=1S/C13H21NO3/c1-13(2,3)17-12(16)14-8-7-9-10(14)5-4-6-11(9)15/h9-10H,4-8H2,1-3H3/t9-,10+/m1/s1. The van der Waals surface area contributed by atoms with Gasteiger partial charge in [0.05, 0.1) is 0 Å². The van der Waals surface area contributed by atoms with Gasteiger partial charge in [-0.15, -0.1) is 0 Å². The van der Waals surface area contributed by atoms with Crippen LogP contribution in [0.15, 0.2) is 0 Å². The highest BCUT2D eigenvalue weighted by atomic mass is 16.6. The lowest BCUT2D eigenvalue weighted by Crippen LogP contribution is -2.44. The van der Waals surface area contributed by atoms with E-state index in [1.807, 2.05) is 20.8 Å². The summed E-state index contributed by atoms with van der Waals surface area (Å²) in [5, 5.41) is 0. The van der Waals surface area contributed by atoms with Crippen molar-refractivity contribution in [3.05, 3.63) is 0 Å². The van der Waals surface area contributed by atoms with Gasteiger partial charge in [0.25, 0.3) is 0 Å². The van der Waals surface area contributed by atoms with Crippen molar-refractivity contribution < 1.29 is 14.3 Å². The number of hydrogen-bond donors (Lipinski definition) is 0. The summed E-state index contributed by atoms with van der Waals surface area (Å²) in [5.41, 5.74) is -0.464. The second-order valence-electron chi connectivity index (χ2n) is 5.99. The number of rotatable bonds is 0. The molecule has 2 fully saturated rings. The molecule has 0 aromatic carbocycles. The van der Waals surface area contributed by atoms with E-state index in [2.05, 4.69) is 0 Å². The summed E-state index contributed by atoms with van der Waals surface area (Å²) in [6.45, 7) is 6.26. The summed E-state index contributed by atoms with van der Waals surface area (Å²) in [6, 6.07) is 0.0890. The van der Waals surface area contributed by atoms with Crippen LogP contribution in [-0.2, 0) is 9.53 Å². The summed E-state index contributed by atoms with van der Waals surface area (Å²) >= 11 is 0. The smallest absolute Gasteiger partial charge is 0.410 e. The first-order chi connectivity index (χ1) is 7.88. The normalized spacial score (nSPS) is 29.1. The Kier molecular flexibility index (Phi) is 3.15. The van der Waals surface area contributed by atoms with E-state index in [1.165, 1.54) is 0 Å². The molecular formula is C13H21NO3. The molecule has 1 aliphatic carbocycles. The third-order valence-corrected chi connectivity index (χ3v) is 3.51. The Morgan fingerprint density at radius 1 is 1.35 bits per heavy atom. The monoisotopic (exact) mass is 239 g/mol. The number of carbonyl (C=O) groups excluding carboxylic acids is 2. The fraction of sp³-hybridized carbons (Fsp3) is 0.846. The van der Waals surface area contributed by atoms with E-state index in [0.717, 1.165) is 19.3 Å². The average molecular weight is 239 g/mol. The van der Waals surface area contributed by atoms with Gasteiger partial charge in [0.15, 0.2) is 0 Å². The minimum Gasteiger partial charge on any atom is -0.444 e. The largest absolute Gasteiger partial charge is 0.444 e. The van der Waals surface area contributed by atoms with Crippen LogP contribution in [0.25, 0.3) is 0 Å². The fourth-order valence-corrected chi connectivity index (χ4v) is 2.80. The number of ether oxygens (including phenoxy) is 1. The highest BCUT2D eigenvalue weighted by molar-refractivity contribution is 5.84. The molecule has 1 saturated carbocycles. The van der Waals surface area contributed by atoms with Gasteiger partial charge in [-0.3, -0.25) is 4.79 Å². The van der Waals surface area contributed by atoms with E-state index in [-0.39, 0.29) is 18.1 Å². The summed E-state index contributed by atoms with van der Waals surface area (Å²) < 4.78 is 5.38. The van der Waals surface area contributed by atoms with Gasteiger partial charge >= 0.3 is 6.09 Å². The van der Waals surface area contributed by atoms with Crippen LogP contribution in [0.4, 0.5) is 4.79 Å². The fourth-order valence-electron chi connectivity index (χ4n) is 2.80. The molecule has 1 aliphatic heterocycles. The quantitative estimate of drug-likeness (QED) is 0.652.